The summed E-state index contributed by atoms with van der Waals surface area (Å²) in [5, 5.41) is 6.55. The van der Waals surface area contributed by atoms with Crippen molar-refractivity contribution in [2.45, 2.75) is 39.2 Å². The van der Waals surface area contributed by atoms with Gasteiger partial charge in [0, 0.05) is 5.92 Å². The Hall–Kier alpha value is -1.75. The van der Waals surface area contributed by atoms with E-state index in [1.165, 1.54) is 0 Å². The van der Waals surface area contributed by atoms with E-state index in [0.29, 0.717) is 12.4 Å². The molecule has 5 heteroatoms. The smallest absolute Gasteiger partial charge is 0.224 e. The van der Waals surface area contributed by atoms with Crippen molar-refractivity contribution in [3.05, 3.63) is 23.8 Å². The number of ether oxygens (including phenoxy) is 2. The summed E-state index contributed by atoms with van der Waals surface area (Å²) in [5.74, 6) is 1.82. The van der Waals surface area contributed by atoms with E-state index in [1.807, 2.05) is 32.0 Å². The van der Waals surface area contributed by atoms with Crippen LogP contribution in [0.4, 0.5) is 0 Å². The van der Waals surface area contributed by atoms with Gasteiger partial charge >= 0.3 is 0 Å². The third-order valence-corrected chi connectivity index (χ3v) is 5.45. The molecule has 3 rings (SSSR count). The molecule has 1 aliphatic heterocycles. The summed E-state index contributed by atoms with van der Waals surface area (Å²) in [6.07, 6.45) is 3.28. The van der Waals surface area contributed by atoms with Crippen LogP contribution in [0.2, 0.25) is 0 Å². The number of hydrogen-bond donors (Lipinski definition) is 2. The average Bonchev–Trinajstić information content (AvgIpc) is 3.29. The molecule has 5 nitrogen and oxygen atoms in total. The van der Waals surface area contributed by atoms with E-state index >= 15 is 0 Å². The SMILES string of the molecule is CCOc1ccc(C(C)NC(=O)C2CC23CCNCC3)cc1OC. The molecule has 0 radical (unpaired) electrons. The standard InChI is InChI=1S/C19H28N2O3/c1-4-24-16-6-5-14(11-17(16)23-3)13(2)21-18(22)15-12-19(15)7-9-20-10-8-19/h5-6,11,13,15,20H,4,7-10,12H2,1-3H3,(H,21,22). The van der Waals surface area contributed by atoms with E-state index < -0.39 is 0 Å². The zero-order chi connectivity index (χ0) is 17.2. The minimum Gasteiger partial charge on any atom is -0.493 e. The average molecular weight is 332 g/mol. The highest BCUT2D eigenvalue weighted by atomic mass is 16.5. The summed E-state index contributed by atoms with van der Waals surface area (Å²) in [5.41, 5.74) is 1.30. The third kappa shape index (κ3) is 3.36. The van der Waals surface area contributed by atoms with Crippen LogP contribution in [0.15, 0.2) is 18.2 Å². The first-order chi connectivity index (χ1) is 11.6. The van der Waals surface area contributed by atoms with Crippen LogP contribution in [0.25, 0.3) is 0 Å². The molecule has 1 aromatic carbocycles. The van der Waals surface area contributed by atoms with Crippen LogP contribution in [0, 0.1) is 11.3 Å². The molecular weight excluding hydrogens is 304 g/mol. The summed E-state index contributed by atoms with van der Waals surface area (Å²) >= 11 is 0. The third-order valence-electron chi connectivity index (χ3n) is 5.45. The Morgan fingerprint density at radius 3 is 2.79 bits per heavy atom. The number of benzene rings is 1. The Morgan fingerprint density at radius 2 is 2.12 bits per heavy atom. The number of carbonyl (C=O) groups excluding carboxylic acids is 1. The van der Waals surface area contributed by atoms with Gasteiger partial charge in [0.25, 0.3) is 0 Å². The summed E-state index contributed by atoms with van der Waals surface area (Å²) in [6, 6.07) is 5.81. The second-order valence-electron chi connectivity index (χ2n) is 6.94. The lowest BCUT2D eigenvalue weighted by molar-refractivity contribution is -0.123. The quantitative estimate of drug-likeness (QED) is 0.841. The molecule has 1 saturated carbocycles. The van der Waals surface area contributed by atoms with Gasteiger partial charge in [-0.15, -0.1) is 0 Å². The summed E-state index contributed by atoms with van der Waals surface area (Å²) < 4.78 is 10.9. The Labute approximate surface area is 144 Å². The van der Waals surface area contributed by atoms with Crippen molar-refractivity contribution in [1.82, 2.24) is 10.6 Å². The molecule has 0 bridgehead atoms. The van der Waals surface area contributed by atoms with Crippen LogP contribution in [-0.2, 0) is 4.79 Å². The fourth-order valence-electron chi connectivity index (χ4n) is 3.82. The van der Waals surface area contributed by atoms with Crippen LogP contribution in [-0.4, -0.2) is 32.7 Å². The van der Waals surface area contributed by atoms with Gasteiger partial charge in [0.05, 0.1) is 19.8 Å². The predicted octanol–water partition coefficient (Wildman–Crippen LogP) is 2.66. The van der Waals surface area contributed by atoms with Crippen molar-refractivity contribution < 1.29 is 14.3 Å². The molecule has 1 aliphatic carbocycles. The number of amides is 1. The van der Waals surface area contributed by atoms with Gasteiger partial charge in [-0.3, -0.25) is 4.79 Å². The molecule has 1 aromatic rings. The van der Waals surface area contributed by atoms with Crippen molar-refractivity contribution in [2.75, 3.05) is 26.8 Å². The van der Waals surface area contributed by atoms with E-state index in [1.54, 1.807) is 7.11 Å². The predicted molar refractivity (Wildman–Crippen MR) is 93.4 cm³/mol. The second-order valence-corrected chi connectivity index (χ2v) is 6.94. The molecular formula is C19H28N2O3. The molecule has 1 saturated heterocycles. The van der Waals surface area contributed by atoms with Crippen LogP contribution >= 0.6 is 0 Å². The largest absolute Gasteiger partial charge is 0.493 e. The van der Waals surface area contributed by atoms with E-state index in [9.17, 15) is 4.79 Å². The zero-order valence-corrected chi connectivity index (χ0v) is 14.9. The maximum Gasteiger partial charge on any atom is 0.224 e. The van der Waals surface area contributed by atoms with Gasteiger partial charge in [-0.1, -0.05) is 6.07 Å². The van der Waals surface area contributed by atoms with Crippen molar-refractivity contribution in [3.8, 4) is 11.5 Å². The maximum atomic E-state index is 12.6. The molecule has 0 aromatic heterocycles. The Kier molecular flexibility index (Phi) is 4.99. The number of piperidine rings is 1. The van der Waals surface area contributed by atoms with Crippen LogP contribution in [0.5, 0.6) is 11.5 Å². The molecule has 2 aliphatic rings. The summed E-state index contributed by atoms with van der Waals surface area (Å²) in [7, 11) is 1.63. The lowest BCUT2D eigenvalue weighted by Crippen LogP contribution is -2.34. The number of carbonyl (C=O) groups is 1. The van der Waals surface area contributed by atoms with Gasteiger partial charge in [0.1, 0.15) is 0 Å². The fourth-order valence-corrected chi connectivity index (χ4v) is 3.82. The summed E-state index contributed by atoms with van der Waals surface area (Å²) in [4.78, 5) is 12.6. The summed E-state index contributed by atoms with van der Waals surface area (Å²) in [6.45, 7) is 6.64. The molecule has 2 unspecified atom stereocenters. The van der Waals surface area contributed by atoms with Crippen LogP contribution in [0.3, 0.4) is 0 Å². The maximum absolute atomic E-state index is 12.6. The van der Waals surface area contributed by atoms with E-state index in [-0.39, 0.29) is 23.3 Å². The lowest BCUT2D eigenvalue weighted by atomic mass is 9.91. The van der Waals surface area contributed by atoms with Crippen LogP contribution in [0.1, 0.15) is 44.7 Å². The number of methoxy groups -OCH3 is 1. The molecule has 1 spiro atoms. The van der Waals surface area contributed by atoms with Crippen molar-refractivity contribution >= 4 is 5.91 Å². The first kappa shape index (κ1) is 17.1. The molecule has 1 amide bonds. The highest BCUT2D eigenvalue weighted by Crippen LogP contribution is 2.58. The van der Waals surface area contributed by atoms with E-state index in [4.69, 9.17) is 9.47 Å². The van der Waals surface area contributed by atoms with Gasteiger partial charge in [-0.05, 0) is 69.3 Å². The van der Waals surface area contributed by atoms with Crippen molar-refractivity contribution in [2.24, 2.45) is 11.3 Å². The highest BCUT2D eigenvalue weighted by Gasteiger charge is 2.57. The van der Waals surface area contributed by atoms with Gasteiger partial charge in [-0.2, -0.15) is 0 Å². The Morgan fingerprint density at radius 1 is 1.38 bits per heavy atom. The normalized spacial score (nSPS) is 22.7. The monoisotopic (exact) mass is 332 g/mol. The number of nitrogens with one attached hydrogen (secondary N) is 2. The molecule has 2 fully saturated rings. The van der Waals surface area contributed by atoms with Gasteiger partial charge < -0.3 is 20.1 Å². The minimum atomic E-state index is -0.0403. The number of hydrogen-bond acceptors (Lipinski definition) is 4. The Balaban J connectivity index is 1.62. The molecule has 1 heterocycles. The second kappa shape index (κ2) is 7.01. The minimum absolute atomic E-state index is 0.0403. The first-order valence-electron chi connectivity index (χ1n) is 8.91. The first-order valence-corrected chi connectivity index (χ1v) is 8.91. The molecule has 24 heavy (non-hydrogen) atoms. The van der Waals surface area contributed by atoms with Crippen molar-refractivity contribution in [3.63, 3.8) is 0 Å². The fraction of sp³-hybridized carbons (Fsp3) is 0.632. The van der Waals surface area contributed by atoms with Gasteiger partial charge in [0.15, 0.2) is 11.5 Å². The Bertz CT molecular complexity index is 596. The van der Waals surface area contributed by atoms with Gasteiger partial charge in [0.2, 0.25) is 5.91 Å². The lowest BCUT2D eigenvalue weighted by Gasteiger charge is -2.24. The molecule has 2 atom stereocenters. The number of rotatable bonds is 6. The van der Waals surface area contributed by atoms with Crippen LogP contribution < -0.4 is 20.1 Å². The van der Waals surface area contributed by atoms with E-state index in [0.717, 1.165) is 43.7 Å². The van der Waals surface area contributed by atoms with E-state index in [2.05, 4.69) is 10.6 Å². The van der Waals surface area contributed by atoms with Crippen molar-refractivity contribution in [1.29, 1.82) is 0 Å². The van der Waals surface area contributed by atoms with Gasteiger partial charge in [-0.25, -0.2) is 0 Å². The molecule has 132 valence electrons. The highest BCUT2D eigenvalue weighted by molar-refractivity contribution is 5.83. The topological polar surface area (TPSA) is 59.6 Å². The molecule has 2 N–H and O–H groups in total. The zero-order valence-electron chi connectivity index (χ0n) is 14.9.